The molecule has 0 bridgehead atoms. The van der Waals surface area contributed by atoms with E-state index in [1.807, 2.05) is 32.9 Å². The average Bonchev–Trinajstić information content (AvgIpc) is 2.99. The normalized spacial score (nSPS) is 25.6. The van der Waals surface area contributed by atoms with Crippen LogP contribution in [-0.2, 0) is 14.3 Å². The van der Waals surface area contributed by atoms with Crippen molar-refractivity contribution in [2.45, 2.75) is 27.2 Å². The molecule has 3 rings (SSSR count). The number of aliphatic carboxylic acids is 1. The van der Waals surface area contributed by atoms with Crippen molar-refractivity contribution >= 4 is 11.9 Å². The van der Waals surface area contributed by atoms with Crippen molar-refractivity contribution in [2.24, 2.45) is 11.3 Å². The highest BCUT2D eigenvalue weighted by Gasteiger charge is 2.54. The SMILES string of the molecule is Cc1ccc(C)c(OCC(=O)N2C[C@@H]3COCC[C@]3(C(=O)O)C2)c1C. The van der Waals surface area contributed by atoms with Gasteiger partial charge in [-0.05, 0) is 43.9 Å². The second-order valence-electron chi connectivity index (χ2n) is 7.20. The zero-order valence-electron chi connectivity index (χ0n) is 15.0. The maximum absolute atomic E-state index is 12.6. The molecule has 0 radical (unpaired) electrons. The van der Waals surface area contributed by atoms with Gasteiger partial charge in [-0.25, -0.2) is 0 Å². The lowest BCUT2D eigenvalue weighted by Crippen LogP contribution is -2.45. The van der Waals surface area contributed by atoms with Crippen molar-refractivity contribution in [2.75, 3.05) is 32.9 Å². The molecule has 2 atom stereocenters. The zero-order chi connectivity index (χ0) is 18.2. The number of carbonyl (C=O) groups excluding carboxylic acids is 1. The molecule has 0 saturated carbocycles. The monoisotopic (exact) mass is 347 g/mol. The van der Waals surface area contributed by atoms with E-state index in [1.54, 1.807) is 4.90 Å². The number of aryl methyl sites for hydroxylation is 2. The first-order chi connectivity index (χ1) is 11.8. The molecule has 1 aromatic rings. The van der Waals surface area contributed by atoms with E-state index >= 15 is 0 Å². The first-order valence-corrected chi connectivity index (χ1v) is 8.63. The van der Waals surface area contributed by atoms with Gasteiger partial charge >= 0.3 is 5.97 Å². The summed E-state index contributed by atoms with van der Waals surface area (Å²) in [5.41, 5.74) is 2.25. The van der Waals surface area contributed by atoms with Crippen molar-refractivity contribution in [3.8, 4) is 5.75 Å². The molecule has 136 valence electrons. The first-order valence-electron chi connectivity index (χ1n) is 8.63. The Balaban J connectivity index is 1.69. The zero-order valence-corrected chi connectivity index (χ0v) is 15.0. The number of hydrogen-bond donors (Lipinski definition) is 1. The van der Waals surface area contributed by atoms with Crippen molar-refractivity contribution in [3.63, 3.8) is 0 Å². The van der Waals surface area contributed by atoms with Crippen molar-refractivity contribution < 1.29 is 24.2 Å². The van der Waals surface area contributed by atoms with Crippen LogP contribution in [0.15, 0.2) is 12.1 Å². The van der Waals surface area contributed by atoms with Gasteiger partial charge in [0, 0.05) is 25.6 Å². The predicted molar refractivity (Wildman–Crippen MR) is 91.7 cm³/mol. The predicted octanol–water partition coefficient (Wildman–Crippen LogP) is 1.94. The van der Waals surface area contributed by atoms with Gasteiger partial charge in [-0.3, -0.25) is 9.59 Å². The second-order valence-corrected chi connectivity index (χ2v) is 7.20. The van der Waals surface area contributed by atoms with Gasteiger partial charge in [0.25, 0.3) is 5.91 Å². The summed E-state index contributed by atoms with van der Waals surface area (Å²) in [5, 5.41) is 9.69. The Labute approximate surface area is 147 Å². The number of ether oxygens (including phenoxy) is 2. The van der Waals surface area contributed by atoms with Crippen molar-refractivity contribution in [1.29, 1.82) is 0 Å². The Kier molecular flexibility index (Phi) is 4.73. The van der Waals surface area contributed by atoms with E-state index in [0.29, 0.717) is 26.2 Å². The van der Waals surface area contributed by atoms with Crippen LogP contribution in [0, 0.1) is 32.1 Å². The molecule has 25 heavy (non-hydrogen) atoms. The fraction of sp³-hybridized carbons (Fsp3) is 0.579. The summed E-state index contributed by atoms with van der Waals surface area (Å²) in [7, 11) is 0. The number of rotatable bonds is 4. The van der Waals surface area contributed by atoms with Gasteiger partial charge in [0.05, 0.1) is 12.0 Å². The van der Waals surface area contributed by atoms with Crippen LogP contribution in [0.25, 0.3) is 0 Å². The number of amides is 1. The second kappa shape index (κ2) is 6.67. The molecule has 2 aliphatic heterocycles. The minimum Gasteiger partial charge on any atom is -0.483 e. The molecule has 2 saturated heterocycles. The third-order valence-electron chi connectivity index (χ3n) is 5.70. The van der Waals surface area contributed by atoms with Gasteiger partial charge in [-0.1, -0.05) is 12.1 Å². The summed E-state index contributed by atoms with van der Waals surface area (Å²) in [6.07, 6.45) is 0.452. The minimum absolute atomic E-state index is 0.0750. The van der Waals surface area contributed by atoms with Gasteiger partial charge in [-0.2, -0.15) is 0 Å². The number of likely N-dealkylation sites (tertiary alicyclic amines) is 1. The standard InChI is InChI=1S/C19H25NO5/c1-12-4-5-13(2)17(14(12)3)25-10-16(21)20-8-15-9-24-7-6-19(15,11-20)18(22)23/h4-5,15H,6-11H2,1-3H3,(H,22,23)/t15-,19+/m1/s1. The smallest absolute Gasteiger partial charge is 0.311 e. The van der Waals surface area contributed by atoms with Crippen LogP contribution in [0.4, 0.5) is 0 Å². The maximum Gasteiger partial charge on any atom is 0.311 e. The molecule has 0 aliphatic carbocycles. The summed E-state index contributed by atoms with van der Waals surface area (Å²) in [5.74, 6) is -0.413. The Hall–Kier alpha value is -2.08. The molecule has 6 heteroatoms. The highest BCUT2D eigenvalue weighted by molar-refractivity contribution is 5.82. The number of carbonyl (C=O) groups is 2. The van der Waals surface area contributed by atoms with Crippen molar-refractivity contribution in [3.05, 3.63) is 28.8 Å². The largest absolute Gasteiger partial charge is 0.483 e. The Morgan fingerprint density at radius 3 is 2.72 bits per heavy atom. The average molecular weight is 347 g/mol. The van der Waals surface area contributed by atoms with Crippen molar-refractivity contribution in [1.82, 2.24) is 4.90 Å². The highest BCUT2D eigenvalue weighted by atomic mass is 16.5. The van der Waals surface area contributed by atoms with Crippen LogP contribution in [0.2, 0.25) is 0 Å². The lowest BCUT2D eigenvalue weighted by atomic mass is 9.74. The third kappa shape index (κ3) is 3.11. The molecule has 0 aromatic heterocycles. The molecular weight excluding hydrogens is 322 g/mol. The molecular formula is C19H25NO5. The number of fused-ring (bicyclic) bond motifs is 1. The van der Waals surface area contributed by atoms with Crippen LogP contribution in [0.1, 0.15) is 23.1 Å². The van der Waals surface area contributed by atoms with Gasteiger partial charge < -0.3 is 19.5 Å². The lowest BCUT2D eigenvalue weighted by Gasteiger charge is -2.33. The van der Waals surface area contributed by atoms with E-state index in [2.05, 4.69) is 0 Å². The number of nitrogens with zero attached hydrogens (tertiary/aromatic N) is 1. The Morgan fingerprint density at radius 1 is 1.32 bits per heavy atom. The van der Waals surface area contributed by atoms with E-state index < -0.39 is 11.4 Å². The Morgan fingerprint density at radius 2 is 2.04 bits per heavy atom. The number of hydrogen-bond acceptors (Lipinski definition) is 4. The molecule has 2 aliphatic rings. The van der Waals surface area contributed by atoms with Crippen LogP contribution in [-0.4, -0.2) is 54.8 Å². The van der Waals surface area contributed by atoms with E-state index in [9.17, 15) is 14.7 Å². The number of carboxylic acids is 1. The van der Waals surface area contributed by atoms with Gasteiger partial charge in [0.15, 0.2) is 6.61 Å². The van der Waals surface area contributed by atoms with Crippen LogP contribution in [0.3, 0.4) is 0 Å². The van der Waals surface area contributed by atoms with Crippen LogP contribution in [0.5, 0.6) is 5.75 Å². The maximum atomic E-state index is 12.6. The minimum atomic E-state index is -0.872. The van der Waals surface area contributed by atoms with Gasteiger partial charge in [0.2, 0.25) is 0 Å². The van der Waals surface area contributed by atoms with Crippen LogP contribution < -0.4 is 4.74 Å². The summed E-state index contributed by atoms with van der Waals surface area (Å²) in [6.45, 7) is 7.34. The lowest BCUT2D eigenvalue weighted by molar-refractivity contribution is -0.157. The third-order valence-corrected chi connectivity index (χ3v) is 5.70. The number of carboxylic acid groups (broad SMARTS) is 1. The molecule has 6 nitrogen and oxygen atoms in total. The summed E-state index contributed by atoms with van der Waals surface area (Å²) < 4.78 is 11.2. The quantitative estimate of drug-likeness (QED) is 0.901. The highest BCUT2D eigenvalue weighted by Crippen LogP contribution is 2.42. The van der Waals surface area contributed by atoms with E-state index in [0.717, 1.165) is 22.4 Å². The fourth-order valence-electron chi connectivity index (χ4n) is 3.86. The molecule has 0 unspecified atom stereocenters. The topological polar surface area (TPSA) is 76.1 Å². The fourth-order valence-corrected chi connectivity index (χ4v) is 3.86. The van der Waals surface area contributed by atoms with E-state index in [1.165, 1.54) is 0 Å². The summed E-state index contributed by atoms with van der Waals surface area (Å²) >= 11 is 0. The molecule has 2 heterocycles. The summed E-state index contributed by atoms with van der Waals surface area (Å²) in [4.78, 5) is 26.0. The molecule has 1 N–H and O–H groups in total. The molecule has 0 spiro atoms. The Bertz CT molecular complexity index is 701. The van der Waals surface area contributed by atoms with Gasteiger partial charge in [-0.15, -0.1) is 0 Å². The molecule has 2 fully saturated rings. The molecule has 1 amide bonds. The van der Waals surface area contributed by atoms with Gasteiger partial charge in [0.1, 0.15) is 5.75 Å². The summed E-state index contributed by atoms with van der Waals surface area (Å²) in [6, 6.07) is 4.00. The number of benzene rings is 1. The first kappa shape index (κ1) is 17.7. The van der Waals surface area contributed by atoms with E-state index in [-0.39, 0.29) is 25.0 Å². The molecule has 1 aromatic carbocycles. The van der Waals surface area contributed by atoms with Crippen LogP contribution >= 0.6 is 0 Å². The van der Waals surface area contributed by atoms with E-state index in [4.69, 9.17) is 9.47 Å².